The number of anilines is 2. The van der Waals surface area contributed by atoms with E-state index in [4.69, 9.17) is 21.4 Å². The number of rotatable bonds is 8. The second kappa shape index (κ2) is 9.31. The molecule has 2 rings (SSSR count). The van der Waals surface area contributed by atoms with Crippen molar-refractivity contribution in [2.75, 3.05) is 31.3 Å². The van der Waals surface area contributed by atoms with Crippen molar-refractivity contribution in [1.82, 2.24) is 15.3 Å². The van der Waals surface area contributed by atoms with Crippen LogP contribution in [0.1, 0.15) is 0 Å². The number of methoxy groups -OCH3 is 1. The Balaban J connectivity index is 2.00. The van der Waals surface area contributed by atoms with Crippen LogP contribution in [0.25, 0.3) is 0 Å². The highest BCUT2D eigenvalue weighted by Gasteiger charge is 2.08. The average Bonchev–Trinajstić information content (AvgIpc) is 2.58. The molecule has 0 spiro atoms. The van der Waals surface area contributed by atoms with Gasteiger partial charge in [0.25, 0.3) is 0 Å². The third-order valence-corrected chi connectivity index (χ3v) is 3.84. The lowest BCUT2D eigenvalue weighted by molar-refractivity contribution is -0.118. The summed E-state index contributed by atoms with van der Waals surface area (Å²) in [5, 5.41) is 15.0. The van der Waals surface area contributed by atoms with E-state index in [9.17, 15) is 4.79 Å². The molecule has 1 heterocycles. The maximum atomic E-state index is 11.5. The van der Waals surface area contributed by atoms with Crippen molar-refractivity contribution in [2.45, 2.75) is 5.16 Å². The molecule has 0 bridgehead atoms. The molecule has 3 N–H and O–H groups in total. The zero-order valence-electron chi connectivity index (χ0n) is 13.0. The Morgan fingerprint density at radius 2 is 2.08 bits per heavy atom. The fraction of sp³-hybridized carbons (Fsp3) is 0.267. The molecule has 0 unspecified atom stereocenters. The zero-order valence-corrected chi connectivity index (χ0v) is 14.5. The Morgan fingerprint density at radius 3 is 2.75 bits per heavy atom. The number of nitrogens with one attached hydrogen (secondary N) is 2. The Hall–Kier alpha value is -2.03. The standard InChI is InChI=1S/C15H17ClN4O3S/c1-23-11-4-2-10(3-5-11)18-13-8-12(16)19-15(20-13)24-9-14(22)17-6-7-21/h2-5,8,21H,6-7,9H2,1H3,(H,17,22)(H,18,19,20). The van der Waals surface area contributed by atoms with E-state index in [1.165, 1.54) is 0 Å². The third-order valence-electron chi connectivity index (χ3n) is 2.80. The van der Waals surface area contributed by atoms with Crippen LogP contribution in [0.15, 0.2) is 35.5 Å². The number of hydrogen-bond acceptors (Lipinski definition) is 7. The number of carbonyl (C=O) groups is 1. The number of benzene rings is 1. The summed E-state index contributed by atoms with van der Waals surface area (Å²) in [5.74, 6) is 1.22. The van der Waals surface area contributed by atoms with E-state index in [-0.39, 0.29) is 30.0 Å². The number of aromatic nitrogens is 2. The van der Waals surface area contributed by atoms with Crippen LogP contribution in [0.2, 0.25) is 5.15 Å². The van der Waals surface area contributed by atoms with Gasteiger partial charge in [-0.05, 0) is 24.3 Å². The number of carbonyl (C=O) groups excluding carboxylic acids is 1. The summed E-state index contributed by atoms with van der Waals surface area (Å²) in [6, 6.07) is 8.95. The van der Waals surface area contributed by atoms with Crippen molar-refractivity contribution in [3.05, 3.63) is 35.5 Å². The number of amides is 1. The van der Waals surface area contributed by atoms with E-state index < -0.39 is 0 Å². The van der Waals surface area contributed by atoms with E-state index in [0.29, 0.717) is 11.0 Å². The fourth-order valence-electron chi connectivity index (χ4n) is 1.72. The van der Waals surface area contributed by atoms with Gasteiger partial charge in [-0.15, -0.1) is 0 Å². The molecule has 24 heavy (non-hydrogen) atoms. The smallest absolute Gasteiger partial charge is 0.230 e. The molecular weight excluding hydrogens is 352 g/mol. The predicted molar refractivity (Wildman–Crippen MR) is 94.1 cm³/mol. The molecule has 1 amide bonds. The van der Waals surface area contributed by atoms with Crippen molar-refractivity contribution >= 4 is 40.8 Å². The van der Waals surface area contributed by atoms with Crippen LogP contribution in [0, 0.1) is 0 Å². The van der Waals surface area contributed by atoms with Crippen LogP contribution in [0.5, 0.6) is 5.75 Å². The van der Waals surface area contributed by atoms with Gasteiger partial charge in [-0.2, -0.15) is 0 Å². The average molecular weight is 369 g/mol. The lowest BCUT2D eigenvalue weighted by atomic mass is 10.3. The first kappa shape index (κ1) is 18.3. The summed E-state index contributed by atoms with van der Waals surface area (Å²) >= 11 is 7.17. The largest absolute Gasteiger partial charge is 0.497 e. The first-order valence-electron chi connectivity index (χ1n) is 7.06. The van der Waals surface area contributed by atoms with Gasteiger partial charge in [0.1, 0.15) is 16.7 Å². The van der Waals surface area contributed by atoms with Crippen LogP contribution in [0.4, 0.5) is 11.5 Å². The highest BCUT2D eigenvalue weighted by molar-refractivity contribution is 7.99. The number of aliphatic hydroxyl groups excluding tert-OH is 1. The van der Waals surface area contributed by atoms with Crippen molar-refractivity contribution in [3.8, 4) is 5.75 Å². The SMILES string of the molecule is COc1ccc(Nc2cc(Cl)nc(SCC(=O)NCCO)n2)cc1. The van der Waals surface area contributed by atoms with Crippen molar-refractivity contribution in [2.24, 2.45) is 0 Å². The molecule has 0 saturated carbocycles. The van der Waals surface area contributed by atoms with Crippen LogP contribution in [-0.4, -0.2) is 47.0 Å². The summed E-state index contributed by atoms with van der Waals surface area (Å²) in [5.41, 5.74) is 0.821. The molecule has 0 fully saturated rings. The summed E-state index contributed by atoms with van der Waals surface area (Å²) in [4.78, 5) is 19.9. The van der Waals surface area contributed by atoms with Gasteiger partial charge in [-0.3, -0.25) is 4.79 Å². The van der Waals surface area contributed by atoms with Crippen LogP contribution < -0.4 is 15.4 Å². The number of nitrogens with zero attached hydrogens (tertiary/aromatic N) is 2. The normalized spacial score (nSPS) is 10.3. The number of hydrogen-bond donors (Lipinski definition) is 3. The molecule has 0 aliphatic heterocycles. The number of ether oxygens (including phenoxy) is 1. The monoisotopic (exact) mass is 368 g/mol. The minimum atomic E-state index is -0.206. The molecule has 1 aromatic carbocycles. The molecule has 0 aliphatic rings. The molecule has 0 aliphatic carbocycles. The Morgan fingerprint density at radius 1 is 1.33 bits per heavy atom. The van der Waals surface area contributed by atoms with E-state index in [1.54, 1.807) is 13.2 Å². The molecule has 0 saturated heterocycles. The molecule has 1 aromatic heterocycles. The van der Waals surface area contributed by atoms with Gasteiger partial charge in [-0.1, -0.05) is 23.4 Å². The minimum Gasteiger partial charge on any atom is -0.497 e. The van der Waals surface area contributed by atoms with Crippen molar-refractivity contribution in [3.63, 3.8) is 0 Å². The molecule has 2 aromatic rings. The van der Waals surface area contributed by atoms with Gasteiger partial charge in [0.15, 0.2) is 5.16 Å². The van der Waals surface area contributed by atoms with Gasteiger partial charge >= 0.3 is 0 Å². The van der Waals surface area contributed by atoms with E-state index in [0.717, 1.165) is 23.2 Å². The Kier molecular flexibility index (Phi) is 7.10. The first-order valence-corrected chi connectivity index (χ1v) is 8.43. The molecular formula is C15H17ClN4O3S. The van der Waals surface area contributed by atoms with E-state index >= 15 is 0 Å². The van der Waals surface area contributed by atoms with Gasteiger partial charge in [0, 0.05) is 18.3 Å². The summed E-state index contributed by atoms with van der Waals surface area (Å²) < 4.78 is 5.11. The van der Waals surface area contributed by atoms with Gasteiger partial charge in [-0.25, -0.2) is 9.97 Å². The zero-order chi connectivity index (χ0) is 17.4. The van der Waals surface area contributed by atoms with Gasteiger partial charge < -0.3 is 20.5 Å². The Bertz CT molecular complexity index is 685. The van der Waals surface area contributed by atoms with Crippen molar-refractivity contribution in [1.29, 1.82) is 0 Å². The number of aliphatic hydroxyl groups is 1. The van der Waals surface area contributed by atoms with E-state index in [1.807, 2.05) is 24.3 Å². The Labute approximate surface area is 148 Å². The highest BCUT2D eigenvalue weighted by atomic mass is 35.5. The lowest BCUT2D eigenvalue weighted by Crippen LogP contribution is -2.27. The first-order chi connectivity index (χ1) is 11.6. The minimum absolute atomic E-state index is 0.0972. The van der Waals surface area contributed by atoms with Crippen LogP contribution in [-0.2, 0) is 4.79 Å². The fourth-order valence-corrected chi connectivity index (χ4v) is 2.65. The molecule has 9 heteroatoms. The molecule has 0 radical (unpaired) electrons. The topological polar surface area (TPSA) is 96.4 Å². The van der Waals surface area contributed by atoms with Gasteiger partial charge in [0.05, 0.1) is 19.5 Å². The lowest BCUT2D eigenvalue weighted by Gasteiger charge is -2.08. The molecule has 0 atom stereocenters. The van der Waals surface area contributed by atoms with Crippen LogP contribution in [0.3, 0.4) is 0 Å². The number of halogens is 1. The highest BCUT2D eigenvalue weighted by Crippen LogP contribution is 2.23. The predicted octanol–water partition coefficient (Wildman–Crippen LogP) is 2.08. The second-order valence-electron chi connectivity index (χ2n) is 4.57. The summed E-state index contributed by atoms with van der Waals surface area (Å²) in [7, 11) is 1.60. The van der Waals surface area contributed by atoms with Crippen molar-refractivity contribution < 1.29 is 14.6 Å². The number of thioether (sulfide) groups is 1. The summed E-state index contributed by atoms with van der Waals surface area (Å²) in [6.45, 7) is 0.125. The second-order valence-corrected chi connectivity index (χ2v) is 5.90. The third kappa shape index (κ3) is 5.88. The quantitative estimate of drug-likeness (QED) is 0.373. The van der Waals surface area contributed by atoms with Crippen LogP contribution >= 0.6 is 23.4 Å². The maximum absolute atomic E-state index is 11.5. The molecule has 128 valence electrons. The molecule has 7 nitrogen and oxygen atoms in total. The maximum Gasteiger partial charge on any atom is 0.230 e. The van der Waals surface area contributed by atoms with E-state index in [2.05, 4.69) is 20.6 Å². The summed E-state index contributed by atoms with van der Waals surface area (Å²) in [6.07, 6.45) is 0. The van der Waals surface area contributed by atoms with Gasteiger partial charge in [0.2, 0.25) is 5.91 Å².